The highest BCUT2D eigenvalue weighted by Crippen LogP contribution is 2.20. The molecule has 1 aromatic rings. The predicted octanol–water partition coefficient (Wildman–Crippen LogP) is 1.86. The minimum atomic E-state index is -0.453. The summed E-state index contributed by atoms with van der Waals surface area (Å²) in [6, 6.07) is 0. The second kappa shape index (κ2) is 7.58. The summed E-state index contributed by atoms with van der Waals surface area (Å²) in [5, 5.41) is 2.63. The molecule has 106 valence electrons. The van der Waals surface area contributed by atoms with Gasteiger partial charge in [-0.25, -0.2) is 4.79 Å². The van der Waals surface area contributed by atoms with Crippen LogP contribution in [0.15, 0.2) is 6.20 Å². The fraction of sp³-hybridized carbons (Fsp3) is 0.538. The number of esters is 1. The molecular formula is C13H20N2O4. The Morgan fingerprint density at radius 1 is 1.37 bits per heavy atom. The second-order valence-electron chi connectivity index (χ2n) is 4.02. The van der Waals surface area contributed by atoms with Gasteiger partial charge in [0.05, 0.1) is 12.3 Å². The van der Waals surface area contributed by atoms with E-state index in [4.69, 9.17) is 9.47 Å². The van der Waals surface area contributed by atoms with E-state index < -0.39 is 5.97 Å². The molecule has 1 rings (SSSR count). The number of hydrogen-bond donors (Lipinski definition) is 2. The highest BCUT2D eigenvalue weighted by atomic mass is 16.5. The fourth-order valence-electron chi connectivity index (χ4n) is 1.59. The highest BCUT2D eigenvalue weighted by molar-refractivity contribution is 6.02. The summed E-state index contributed by atoms with van der Waals surface area (Å²) in [7, 11) is 0. The van der Waals surface area contributed by atoms with Crippen molar-refractivity contribution in [3.63, 3.8) is 0 Å². The van der Waals surface area contributed by atoms with Crippen LogP contribution >= 0.6 is 0 Å². The van der Waals surface area contributed by atoms with Gasteiger partial charge in [-0.15, -0.1) is 0 Å². The van der Waals surface area contributed by atoms with Crippen molar-refractivity contribution in [1.82, 2.24) is 4.98 Å². The van der Waals surface area contributed by atoms with Crippen LogP contribution in [0.1, 0.15) is 36.3 Å². The first-order valence-electron chi connectivity index (χ1n) is 6.32. The van der Waals surface area contributed by atoms with E-state index in [1.807, 2.05) is 6.92 Å². The number of aryl methyl sites for hydroxylation is 1. The molecule has 6 nitrogen and oxygen atoms in total. The lowest BCUT2D eigenvalue weighted by Crippen LogP contribution is -2.20. The third kappa shape index (κ3) is 4.40. The summed E-state index contributed by atoms with van der Waals surface area (Å²) >= 11 is 0. The van der Waals surface area contributed by atoms with E-state index in [1.165, 1.54) is 0 Å². The Hall–Kier alpha value is -1.82. The quantitative estimate of drug-likeness (QED) is 0.584. The van der Waals surface area contributed by atoms with Crippen molar-refractivity contribution < 1.29 is 19.1 Å². The van der Waals surface area contributed by atoms with Gasteiger partial charge in [0, 0.05) is 18.5 Å². The number of amides is 1. The summed E-state index contributed by atoms with van der Waals surface area (Å²) < 4.78 is 10.1. The summed E-state index contributed by atoms with van der Waals surface area (Å²) in [4.78, 5) is 26.3. The maximum Gasteiger partial charge on any atom is 0.342 e. The molecule has 0 aliphatic rings. The van der Waals surface area contributed by atoms with Crippen molar-refractivity contribution in [3.05, 3.63) is 17.5 Å². The Labute approximate surface area is 112 Å². The SMILES string of the molecule is CCCOCC(=O)Nc1c[nH]c(C)c1C(=O)OCC. The maximum atomic E-state index is 11.8. The molecule has 6 heteroatoms. The zero-order valence-electron chi connectivity index (χ0n) is 11.5. The summed E-state index contributed by atoms with van der Waals surface area (Å²) in [6.07, 6.45) is 2.42. The van der Waals surface area contributed by atoms with Crippen LogP contribution in [0.2, 0.25) is 0 Å². The van der Waals surface area contributed by atoms with Crippen LogP contribution in [0.5, 0.6) is 0 Å². The Morgan fingerprint density at radius 3 is 2.74 bits per heavy atom. The molecule has 1 heterocycles. The van der Waals surface area contributed by atoms with Gasteiger partial charge in [-0.1, -0.05) is 6.92 Å². The number of aromatic nitrogens is 1. The molecule has 0 fully saturated rings. The topological polar surface area (TPSA) is 80.4 Å². The van der Waals surface area contributed by atoms with Gasteiger partial charge in [0.15, 0.2) is 0 Å². The van der Waals surface area contributed by atoms with Crippen LogP contribution in [0, 0.1) is 6.92 Å². The minimum Gasteiger partial charge on any atom is -0.462 e. The van der Waals surface area contributed by atoms with E-state index >= 15 is 0 Å². The number of nitrogens with one attached hydrogen (secondary N) is 2. The molecule has 0 aliphatic carbocycles. The van der Waals surface area contributed by atoms with E-state index in [9.17, 15) is 9.59 Å². The molecule has 0 spiro atoms. The predicted molar refractivity (Wildman–Crippen MR) is 71.2 cm³/mol. The number of hydrogen-bond acceptors (Lipinski definition) is 4. The average molecular weight is 268 g/mol. The van der Waals surface area contributed by atoms with Gasteiger partial charge in [-0.2, -0.15) is 0 Å². The summed E-state index contributed by atoms with van der Waals surface area (Å²) in [6.45, 7) is 6.24. The van der Waals surface area contributed by atoms with Crippen LogP contribution in [0.3, 0.4) is 0 Å². The second-order valence-corrected chi connectivity index (χ2v) is 4.02. The fourth-order valence-corrected chi connectivity index (χ4v) is 1.59. The largest absolute Gasteiger partial charge is 0.462 e. The Kier molecular flexibility index (Phi) is 6.08. The van der Waals surface area contributed by atoms with Gasteiger partial charge in [0.1, 0.15) is 12.2 Å². The third-order valence-corrected chi connectivity index (χ3v) is 2.41. The number of rotatable bonds is 7. The lowest BCUT2D eigenvalue weighted by molar-refractivity contribution is -0.120. The number of ether oxygens (including phenoxy) is 2. The van der Waals surface area contributed by atoms with Crippen molar-refractivity contribution in [3.8, 4) is 0 Å². The van der Waals surface area contributed by atoms with Crippen LogP contribution in [-0.2, 0) is 14.3 Å². The van der Waals surface area contributed by atoms with Gasteiger partial charge in [-0.05, 0) is 20.3 Å². The van der Waals surface area contributed by atoms with Crippen molar-refractivity contribution in [2.75, 3.05) is 25.1 Å². The zero-order valence-corrected chi connectivity index (χ0v) is 11.5. The molecule has 19 heavy (non-hydrogen) atoms. The van der Waals surface area contributed by atoms with Crippen molar-refractivity contribution in [2.45, 2.75) is 27.2 Å². The van der Waals surface area contributed by atoms with E-state index in [1.54, 1.807) is 20.0 Å². The highest BCUT2D eigenvalue weighted by Gasteiger charge is 2.18. The molecule has 0 bridgehead atoms. The molecule has 0 aliphatic heterocycles. The van der Waals surface area contributed by atoms with Gasteiger partial charge in [-0.3, -0.25) is 4.79 Å². The van der Waals surface area contributed by atoms with E-state index in [-0.39, 0.29) is 19.1 Å². The third-order valence-electron chi connectivity index (χ3n) is 2.41. The molecule has 0 aromatic carbocycles. The van der Waals surface area contributed by atoms with E-state index in [0.717, 1.165) is 6.42 Å². The maximum absolute atomic E-state index is 11.8. The van der Waals surface area contributed by atoms with Crippen molar-refractivity contribution in [2.24, 2.45) is 0 Å². The lowest BCUT2D eigenvalue weighted by Gasteiger charge is -2.07. The molecule has 0 saturated carbocycles. The molecule has 1 aromatic heterocycles. The molecular weight excluding hydrogens is 248 g/mol. The van der Waals surface area contributed by atoms with Gasteiger partial charge in [0.25, 0.3) is 0 Å². The Balaban J connectivity index is 2.68. The lowest BCUT2D eigenvalue weighted by atomic mass is 10.2. The van der Waals surface area contributed by atoms with Crippen LogP contribution in [0.4, 0.5) is 5.69 Å². The molecule has 0 radical (unpaired) electrons. The minimum absolute atomic E-state index is 0.0274. The van der Waals surface area contributed by atoms with Crippen LogP contribution in [-0.4, -0.2) is 36.7 Å². The number of carbonyl (C=O) groups is 2. The zero-order chi connectivity index (χ0) is 14.3. The summed E-state index contributed by atoms with van der Waals surface area (Å²) in [5.74, 6) is -0.746. The van der Waals surface area contributed by atoms with E-state index in [2.05, 4.69) is 10.3 Å². The molecule has 1 amide bonds. The first-order chi connectivity index (χ1) is 9.10. The smallest absolute Gasteiger partial charge is 0.342 e. The molecule has 2 N–H and O–H groups in total. The molecule has 0 saturated heterocycles. The van der Waals surface area contributed by atoms with Gasteiger partial charge >= 0.3 is 5.97 Å². The van der Waals surface area contributed by atoms with Crippen LogP contribution in [0.25, 0.3) is 0 Å². The Morgan fingerprint density at radius 2 is 2.11 bits per heavy atom. The number of anilines is 1. The monoisotopic (exact) mass is 268 g/mol. The van der Waals surface area contributed by atoms with Gasteiger partial charge in [0.2, 0.25) is 5.91 Å². The number of aromatic amines is 1. The van der Waals surface area contributed by atoms with Crippen molar-refractivity contribution in [1.29, 1.82) is 0 Å². The molecule has 0 atom stereocenters. The van der Waals surface area contributed by atoms with Crippen LogP contribution < -0.4 is 5.32 Å². The number of H-pyrrole nitrogens is 1. The standard InChI is InChI=1S/C13H20N2O4/c1-4-6-18-8-11(16)15-10-7-14-9(3)12(10)13(17)19-5-2/h7,14H,4-6,8H2,1-3H3,(H,15,16). The van der Waals surface area contributed by atoms with Gasteiger partial charge < -0.3 is 19.8 Å². The summed E-state index contributed by atoms with van der Waals surface area (Å²) in [5.41, 5.74) is 1.43. The first-order valence-corrected chi connectivity index (χ1v) is 6.32. The average Bonchev–Trinajstić information content (AvgIpc) is 2.71. The Bertz CT molecular complexity index is 440. The van der Waals surface area contributed by atoms with E-state index in [0.29, 0.717) is 23.6 Å². The normalized spacial score (nSPS) is 10.3. The molecule has 0 unspecified atom stereocenters. The number of carbonyl (C=O) groups excluding carboxylic acids is 2. The first kappa shape index (κ1) is 15.2. The van der Waals surface area contributed by atoms with Crippen molar-refractivity contribution >= 4 is 17.6 Å².